The van der Waals surface area contributed by atoms with Gasteiger partial charge in [0.15, 0.2) is 0 Å². The predicted molar refractivity (Wildman–Crippen MR) is 72.2 cm³/mol. The number of halogens is 1. The van der Waals surface area contributed by atoms with Gasteiger partial charge in [0.2, 0.25) is 0 Å². The van der Waals surface area contributed by atoms with E-state index in [9.17, 15) is 15.0 Å². The molecule has 0 radical (unpaired) electrons. The first-order chi connectivity index (χ1) is 8.58. The molecule has 0 heterocycles. The zero-order valence-corrected chi connectivity index (χ0v) is 11.5. The molecule has 0 saturated heterocycles. The van der Waals surface area contributed by atoms with Crippen LogP contribution in [0.25, 0.3) is 0 Å². The highest BCUT2D eigenvalue weighted by Crippen LogP contribution is 2.26. The van der Waals surface area contributed by atoms with Crippen LogP contribution in [0.5, 0.6) is 11.5 Å². The molecule has 18 heavy (non-hydrogen) atoms. The van der Waals surface area contributed by atoms with Crippen molar-refractivity contribution in [2.45, 2.75) is 36.6 Å². The van der Waals surface area contributed by atoms with Crippen LogP contribution in [0.3, 0.4) is 0 Å². The lowest BCUT2D eigenvalue weighted by Gasteiger charge is -2.28. The average Bonchev–Trinajstić information content (AvgIpc) is 2.32. The molecule has 2 unspecified atom stereocenters. The third-order valence-electron chi connectivity index (χ3n) is 3.22. The first kappa shape index (κ1) is 13.2. The fourth-order valence-electron chi connectivity index (χ4n) is 2.21. The van der Waals surface area contributed by atoms with Gasteiger partial charge in [-0.3, -0.25) is 4.79 Å². The van der Waals surface area contributed by atoms with Gasteiger partial charge in [-0.1, -0.05) is 28.8 Å². The molecule has 0 spiro atoms. The molecular formula is C13H16BrNO3. The highest BCUT2D eigenvalue weighted by molar-refractivity contribution is 9.09. The molecule has 5 heteroatoms. The number of phenols is 2. The van der Waals surface area contributed by atoms with E-state index in [1.807, 2.05) is 0 Å². The maximum atomic E-state index is 12.0. The van der Waals surface area contributed by atoms with Crippen LogP contribution in [0, 0.1) is 0 Å². The Morgan fingerprint density at radius 1 is 1.28 bits per heavy atom. The number of rotatable bonds is 2. The lowest BCUT2D eigenvalue weighted by atomic mass is 9.95. The van der Waals surface area contributed by atoms with Gasteiger partial charge in [0.25, 0.3) is 5.91 Å². The summed E-state index contributed by atoms with van der Waals surface area (Å²) < 4.78 is 0. The summed E-state index contributed by atoms with van der Waals surface area (Å²) in [5.74, 6) is -0.557. The minimum absolute atomic E-state index is 0.0555. The Hall–Kier alpha value is -1.23. The Kier molecular flexibility index (Phi) is 4.11. The lowest BCUT2D eigenvalue weighted by molar-refractivity contribution is 0.0927. The molecule has 1 saturated carbocycles. The molecule has 1 fully saturated rings. The van der Waals surface area contributed by atoms with Gasteiger partial charge in [-0.2, -0.15) is 0 Å². The summed E-state index contributed by atoms with van der Waals surface area (Å²) in [5, 5.41) is 21.7. The number of carbonyl (C=O) groups is 1. The van der Waals surface area contributed by atoms with E-state index >= 15 is 0 Å². The number of aromatic hydroxyl groups is 2. The first-order valence-corrected chi connectivity index (χ1v) is 6.96. The van der Waals surface area contributed by atoms with Crippen LogP contribution < -0.4 is 5.32 Å². The van der Waals surface area contributed by atoms with Crippen molar-refractivity contribution in [1.29, 1.82) is 0 Å². The second-order valence-corrected chi connectivity index (χ2v) is 5.76. The molecule has 0 aliphatic heterocycles. The topological polar surface area (TPSA) is 69.6 Å². The number of alkyl halides is 1. The van der Waals surface area contributed by atoms with E-state index in [1.165, 1.54) is 24.6 Å². The van der Waals surface area contributed by atoms with Crippen molar-refractivity contribution < 1.29 is 15.0 Å². The lowest BCUT2D eigenvalue weighted by Crippen LogP contribution is -2.42. The molecule has 98 valence electrons. The number of nitrogens with one attached hydrogen (secondary N) is 1. The number of hydrogen-bond donors (Lipinski definition) is 3. The zero-order chi connectivity index (χ0) is 13.1. The van der Waals surface area contributed by atoms with Crippen LogP contribution in [0.2, 0.25) is 0 Å². The predicted octanol–water partition coefficient (Wildman–Crippen LogP) is 2.53. The fourth-order valence-corrected chi connectivity index (χ4v) is 2.93. The van der Waals surface area contributed by atoms with Gasteiger partial charge < -0.3 is 15.5 Å². The third-order valence-corrected chi connectivity index (χ3v) is 4.32. The van der Waals surface area contributed by atoms with Crippen molar-refractivity contribution in [3.8, 4) is 11.5 Å². The number of carbonyl (C=O) groups excluding carboxylic acids is 1. The van der Waals surface area contributed by atoms with Crippen molar-refractivity contribution >= 4 is 21.8 Å². The van der Waals surface area contributed by atoms with E-state index in [0.29, 0.717) is 0 Å². The minimum Gasteiger partial charge on any atom is -0.508 e. The SMILES string of the molecule is O=C(NC1CCCCC1Br)c1ccc(O)cc1O. The first-order valence-electron chi connectivity index (χ1n) is 6.05. The van der Waals surface area contributed by atoms with E-state index in [-0.39, 0.29) is 33.8 Å². The van der Waals surface area contributed by atoms with E-state index < -0.39 is 0 Å². The molecule has 2 rings (SSSR count). The van der Waals surface area contributed by atoms with Crippen LogP contribution in [-0.2, 0) is 0 Å². The molecule has 0 aromatic heterocycles. The molecule has 0 bridgehead atoms. The fraction of sp³-hybridized carbons (Fsp3) is 0.462. The zero-order valence-electron chi connectivity index (χ0n) is 9.90. The maximum absolute atomic E-state index is 12.0. The highest BCUT2D eigenvalue weighted by Gasteiger charge is 2.25. The average molecular weight is 314 g/mol. The summed E-state index contributed by atoms with van der Waals surface area (Å²) in [5.41, 5.74) is 0.193. The normalized spacial score (nSPS) is 23.6. The van der Waals surface area contributed by atoms with Crippen LogP contribution >= 0.6 is 15.9 Å². The smallest absolute Gasteiger partial charge is 0.255 e. The van der Waals surface area contributed by atoms with Crippen molar-refractivity contribution in [3.63, 3.8) is 0 Å². The van der Waals surface area contributed by atoms with Gasteiger partial charge in [-0.15, -0.1) is 0 Å². The van der Waals surface area contributed by atoms with Crippen molar-refractivity contribution in [1.82, 2.24) is 5.32 Å². The maximum Gasteiger partial charge on any atom is 0.255 e. The summed E-state index contributed by atoms with van der Waals surface area (Å²) in [4.78, 5) is 12.3. The molecule has 1 aromatic rings. The second-order valence-electron chi connectivity index (χ2n) is 4.58. The summed E-state index contributed by atoms with van der Waals surface area (Å²) in [6.45, 7) is 0. The monoisotopic (exact) mass is 313 g/mol. The van der Waals surface area contributed by atoms with E-state index in [4.69, 9.17) is 0 Å². The summed E-state index contributed by atoms with van der Waals surface area (Å²) in [6, 6.07) is 4.08. The Morgan fingerprint density at radius 2 is 2.00 bits per heavy atom. The number of benzene rings is 1. The van der Waals surface area contributed by atoms with Gasteiger partial charge in [-0.05, 0) is 25.0 Å². The molecule has 1 aliphatic carbocycles. The number of phenolic OH excluding ortho intramolecular Hbond substituents is 2. The Bertz CT molecular complexity index is 450. The van der Waals surface area contributed by atoms with E-state index in [2.05, 4.69) is 21.2 Å². The standard InChI is InChI=1S/C13H16BrNO3/c14-10-3-1-2-4-11(10)15-13(18)9-6-5-8(16)7-12(9)17/h5-7,10-11,16-17H,1-4H2,(H,15,18). The van der Waals surface area contributed by atoms with E-state index in [1.54, 1.807) is 0 Å². The molecule has 1 aliphatic rings. The van der Waals surface area contributed by atoms with Crippen LogP contribution in [0.15, 0.2) is 18.2 Å². The van der Waals surface area contributed by atoms with Crippen molar-refractivity contribution in [2.24, 2.45) is 0 Å². The van der Waals surface area contributed by atoms with E-state index in [0.717, 1.165) is 19.3 Å². The Balaban J connectivity index is 2.07. The minimum atomic E-state index is -0.302. The van der Waals surface area contributed by atoms with Crippen LogP contribution in [-0.4, -0.2) is 27.0 Å². The molecule has 2 atom stereocenters. The quantitative estimate of drug-likeness (QED) is 0.735. The third kappa shape index (κ3) is 2.96. The Morgan fingerprint density at radius 3 is 2.67 bits per heavy atom. The second kappa shape index (κ2) is 5.61. The summed E-state index contributed by atoms with van der Waals surface area (Å²) in [7, 11) is 0. The van der Waals surface area contributed by atoms with Gasteiger partial charge >= 0.3 is 0 Å². The van der Waals surface area contributed by atoms with Crippen LogP contribution in [0.1, 0.15) is 36.0 Å². The highest BCUT2D eigenvalue weighted by atomic mass is 79.9. The van der Waals surface area contributed by atoms with Crippen LogP contribution in [0.4, 0.5) is 0 Å². The molecule has 3 N–H and O–H groups in total. The van der Waals surface area contributed by atoms with Crippen molar-refractivity contribution in [3.05, 3.63) is 23.8 Å². The van der Waals surface area contributed by atoms with Gasteiger partial charge in [0.05, 0.1) is 5.56 Å². The van der Waals surface area contributed by atoms with Gasteiger partial charge in [0, 0.05) is 16.9 Å². The summed E-state index contributed by atoms with van der Waals surface area (Å²) in [6.07, 6.45) is 4.27. The molecule has 4 nitrogen and oxygen atoms in total. The van der Waals surface area contributed by atoms with Gasteiger partial charge in [0.1, 0.15) is 11.5 Å². The molecular weight excluding hydrogens is 298 g/mol. The number of amides is 1. The molecule has 1 amide bonds. The van der Waals surface area contributed by atoms with Gasteiger partial charge in [-0.25, -0.2) is 0 Å². The van der Waals surface area contributed by atoms with Crippen molar-refractivity contribution in [2.75, 3.05) is 0 Å². The largest absolute Gasteiger partial charge is 0.508 e. The number of hydrogen-bond acceptors (Lipinski definition) is 3. The molecule has 1 aromatic carbocycles. The Labute approximate surface area is 114 Å². The summed E-state index contributed by atoms with van der Waals surface area (Å²) >= 11 is 3.57.